The summed E-state index contributed by atoms with van der Waals surface area (Å²) in [5.41, 5.74) is 1.81. The zero-order chi connectivity index (χ0) is 18.0. The summed E-state index contributed by atoms with van der Waals surface area (Å²) in [6.07, 6.45) is 1.48. The smallest absolute Gasteiger partial charge is 0.271 e. The largest absolute Gasteiger partial charge is 0.320 e. The summed E-state index contributed by atoms with van der Waals surface area (Å²) in [6, 6.07) is 9.82. The van der Waals surface area contributed by atoms with Crippen LogP contribution in [0.25, 0.3) is 0 Å². The van der Waals surface area contributed by atoms with Gasteiger partial charge in [0.05, 0.1) is 23.1 Å². The number of thiophene rings is 1. The average Bonchev–Trinajstić information content (AvgIpc) is 3.21. The molecule has 2 aromatic heterocycles. The molecule has 0 aliphatic heterocycles. The Morgan fingerprint density at radius 3 is 2.48 bits per heavy atom. The standard InChI is InChI=1S/C16H16N4O3S2/c1-11-12(10-17-20(11)2)16(21)18-13-6-3-4-7-14(13)19-25(22,23)15-8-5-9-24-15/h3-10,19H,1-2H3,(H,18,21). The lowest BCUT2D eigenvalue weighted by Crippen LogP contribution is -2.17. The molecule has 0 saturated carbocycles. The van der Waals surface area contributed by atoms with Gasteiger partial charge in [0, 0.05) is 12.7 Å². The van der Waals surface area contributed by atoms with E-state index in [2.05, 4.69) is 15.1 Å². The van der Waals surface area contributed by atoms with Crippen LogP contribution in [0.2, 0.25) is 0 Å². The van der Waals surface area contributed by atoms with E-state index in [1.165, 1.54) is 12.3 Å². The second-order valence-corrected chi connectivity index (χ2v) is 8.16. The molecule has 3 aromatic rings. The number of nitrogens with one attached hydrogen (secondary N) is 2. The molecule has 0 aliphatic rings. The monoisotopic (exact) mass is 376 g/mol. The molecule has 0 spiro atoms. The van der Waals surface area contributed by atoms with Crippen LogP contribution in [0.4, 0.5) is 11.4 Å². The number of hydrogen-bond donors (Lipinski definition) is 2. The molecular formula is C16H16N4O3S2. The summed E-state index contributed by atoms with van der Waals surface area (Å²) >= 11 is 1.12. The molecule has 25 heavy (non-hydrogen) atoms. The summed E-state index contributed by atoms with van der Waals surface area (Å²) in [5, 5.41) is 8.46. The average molecular weight is 376 g/mol. The van der Waals surface area contributed by atoms with Gasteiger partial charge in [-0.3, -0.25) is 14.2 Å². The van der Waals surface area contributed by atoms with Crippen LogP contribution in [-0.4, -0.2) is 24.1 Å². The second kappa shape index (κ2) is 6.69. The van der Waals surface area contributed by atoms with Crippen molar-refractivity contribution in [3.63, 3.8) is 0 Å². The summed E-state index contributed by atoms with van der Waals surface area (Å²) in [4.78, 5) is 12.5. The Labute approximate surface area is 149 Å². The number of nitrogens with zero attached hydrogens (tertiary/aromatic N) is 2. The summed E-state index contributed by atoms with van der Waals surface area (Å²) in [7, 11) is -1.95. The fraction of sp³-hybridized carbons (Fsp3) is 0.125. The molecule has 0 bridgehead atoms. The molecule has 9 heteroatoms. The Morgan fingerprint density at radius 2 is 1.88 bits per heavy atom. The third-order valence-electron chi connectivity index (χ3n) is 3.66. The Morgan fingerprint density at radius 1 is 1.16 bits per heavy atom. The normalized spacial score (nSPS) is 11.3. The van der Waals surface area contributed by atoms with E-state index < -0.39 is 10.0 Å². The van der Waals surface area contributed by atoms with E-state index in [4.69, 9.17) is 0 Å². The van der Waals surface area contributed by atoms with Crippen LogP contribution >= 0.6 is 11.3 Å². The van der Waals surface area contributed by atoms with Crippen molar-refractivity contribution in [2.45, 2.75) is 11.1 Å². The molecule has 1 amide bonds. The first-order valence-corrected chi connectivity index (χ1v) is 9.70. The first kappa shape index (κ1) is 17.2. The van der Waals surface area contributed by atoms with Gasteiger partial charge in [-0.1, -0.05) is 18.2 Å². The van der Waals surface area contributed by atoms with Gasteiger partial charge in [0.15, 0.2) is 0 Å². The first-order chi connectivity index (χ1) is 11.9. The fourth-order valence-corrected chi connectivity index (χ4v) is 4.28. The van der Waals surface area contributed by atoms with Crippen molar-refractivity contribution in [2.24, 2.45) is 7.05 Å². The van der Waals surface area contributed by atoms with Crippen molar-refractivity contribution in [2.75, 3.05) is 10.0 Å². The Balaban J connectivity index is 1.87. The third-order valence-corrected chi connectivity index (χ3v) is 6.42. The number of para-hydroxylation sites is 2. The van der Waals surface area contributed by atoms with E-state index in [0.717, 1.165) is 11.3 Å². The SMILES string of the molecule is Cc1c(C(=O)Nc2ccccc2NS(=O)(=O)c2cccs2)cnn1C. The van der Waals surface area contributed by atoms with Gasteiger partial charge in [0.25, 0.3) is 15.9 Å². The molecule has 0 saturated heterocycles. The third kappa shape index (κ3) is 3.57. The van der Waals surface area contributed by atoms with Crippen LogP contribution in [0.5, 0.6) is 0 Å². The zero-order valence-corrected chi connectivity index (χ0v) is 15.2. The molecule has 2 heterocycles. The Kier molecular flexibility index (Phi) is 4.60. The Hall–Kier alpha value is -2.65. The number of rotatable bonds is 5. The number of carbonyl (C=O) groups excluding carboxylic acids is 1. The van der Waals surface area contributed by atoms with Gasteiger partial charge in [-0.25, -0.2) is 8.42 Å². The van der Waals surface area contributed by atoms with Gasteiger partial charge in [0.2, 0.25) is 0 Å². The molecule has 0 unspecified atom stereocenters. The minimum absolute atomic E-state index is 0.205. The lowest BCUT2D eigenvalue weighted by molar-refractivity contribution is 0.102. The van der Waals surface area contributed by atoms with Crippen LogP contribution in [-0.2, 0) is 17.1 Å². The maximum Gasteiger partial charge on any atom is 0.271 e. The maximum atomic E-state index is 12.5. The van der Waals surface area contributed by atoms with Gasteiger partial charge in [-0.05, 0) is 30.5 Å². The van der Waals surface area contributed by atoms with Crippen molar-refractivity contribution in [3.05, 3.63) is 59.2 Å². The topological polar surface area (TPSA) is 93.1 Å². The molecule has 7 nitrogen and oxygen atoms in total. The van der Waals surface area contributed by atoms with Crippen molar-refractivity contribution in [3.8, 4) is 0 Å². The highest BCUT2D eigenvalue weighted by molar-refractivity contribution is 7.94. The zero-order valence-electron chi connectivity index (χ0n) is 13.6. The van der Waals surface area contributed by atoms with Crippen LogP contribution in [0.15, 0.2) is 52.2 Å². The lowest BCUT2D eigenvalue weighted by Gasteiger charge is -2.12. The van der Waals surface area contributed by atoms with Crippen molar-refractivity contribution >= 4 is 38.6 Å². The first-order valence-electron chi connectivity index (χ1n) is 7.34. The van der Waals surface area contributed by atoms with Crippen molar-refractivity contribution in [1.29, 1.82) is 0 Å². The highest BCUT2D eigenvalue weighted by atomic mass is 32.2. The number of amides is 1. The highest BCUT2D eigenvalue weighted by Crippen LogP contribution is 2.26. The van der Waals surface area contributed by atoms with E-state index >= 15 is 0 Å². The summed E-state index contributed by atoms with van der Waals surface area (Å²) in [6.45, 7) is 1.79. The van der Waals surface area contributed by atoms with Gasteiger partial charge in [-0.2, -0.15) is 5.10 Å². The van der Waals surface area contributed by atoms with Crippen LogP contribution in [0.1, 0.15) is 16.1 Å². The van der Waals surface area contributed by atoms with Crippen molar-refractivity contribution in [1.82, 2.24) is 9.78 Å². The number of benzene rings is 1. The summed E-state index contributed by atoms with van der Waals surface area (Å²) < 4.78 is 29.1. The summed E-state index contributed by atoms with van der Waals surface area (Å²) in [5.74, 6) is -0.353. The molecule has 0 atom stereocenters. The quantitative estimate of drug-likeness (QED) is 0.716. The fourth-order valence-electron chi connectivity index (χ4n) is 2.20. The number of anilines is 2. The van der Waals surface area contributed by atoms with Crippen LogP contribution in [0, 0.1) is 6.92 Å². The molecular weight excluding hydrogens is 360 g/mol. The van der Waals surface area contributed by atoms with E-state index in [0.29, 0.717) is 22.6 Å². The molecule has 0 radical (unpaired) electrons. The van der Waals surface area contributed by atoms with E-state index in [-0.39, 0.29) is 10.1 Å². The van der Waals surface area contributed by atoms with E-state index in [1.54, 1.807) is 54.4 Å². The number of hydrogen-bond acceptors (Lipinski definition) is 5. The lowest BCUT2D eigenvalue weighted by atomic mass is 10.2. The highest BCUT2D eigenvalue weighted by Gasteiger charge is 2.19. The maximum absolute atomic E-state index is 12.5. The predicted molar refractivity (Wildman–Crippen MR) is 97.5 cm³/mol. The van der Waals surface area contributed by atoms with Gasteiger partial charge in [-0.15, -0.1) is 11.3 Å². The predicted octanol–water partition coefficient (Wildman–Crippen LogP) is 2.84. The number of aryl methyl sites for hydroxylation is 1. The second-order valence-electron chi connectivity index (χ2n) is 5.30. The number of carbonyl (C=O) groups is 1. The number of sulfonamides is 1. The molecule has 1 aromatic carbocycles. The Bertz CT molecular complexity index is 1010. The molecule has 0 fully saturated rings. The van der Waals surface area contributed by atoms with Gasteiger partial charge in [0.1, 0.15) is 4.21 Å². The van der Waals surface area contributed by atoms with E-state index in [9.17, 15) is 13.2 Å². The minimum Gasteiger partial charge on any atom is -0.320 e. The molecule has 0 aliphatic carbocycles. The van der Waals surface area contributed by atoms with Crippen LogP contribution < -0.4 is 10.0 Å². The van der Waals surface area contributed by atoms with Crippen molar-refractivity contribution < 1.29 is 13.2 Å². The minimum atomic E-state index is -3.70. The van der Waals surface area contributed by atoms with Crippen LogP contribution in [0.3, 0.4) is 0 Å². The molecule has 2 N–H and O–H groups in total. The van der Waals surface area contributed by atoms with E-state index in [1.807, 2.05) is 0 Å². The van der Waals surface area contributed by atoms with Gasteiger partial charge >= 0.3 is 0 Å². The molecule has 130 valence electrons. The number of aromatic nitrogens is 2. The van der Waals surface area contributed by atoms with Gasteiger partial charge < -0.3 is 5.32 Å². The molecule has 3 rings (SSSR count).